The third kappa shape index (κ3) is 2.48. The molecule has 1 N–H and O–H groups in total. The minimum atomic E-state index is -0.127. The maximum atomic E-state index is 11.8. The molecule has 0 unspecified atom stereocenters. The lowest BCUT2D eigenvalue weighted by Crippen LogP contribution is -2.34. The fourth-order valence-corrected chi connectivity index (χ4v) is 2.56. The molecule has 0 aromatic rings. The first-order valence-electron chi connectivity index (χ1n) is 6.24. The number of ether oxygens (including phenoxy) is 1. The van der Waals surface area contributed by atoms with Crippen molar-refractivity contribution in [2.75, 3.05) is 32.8 Å². The van der Waals surface area contributed by atoms with Gasteiger partial charge < -0.3 is 15.0 Å². The van der Waals surface area contributed by atoms with Gasteiger partial charge in [-0.1, -0.05) is 13.8 Å². The average Bonchev–Trinajstić information content (AvgIpc) is 2.86. The normalized spacial score (nSPS) is 29.3. The second-order valence-electron chi connectivity index (χ2n) is 5.57. The summed E-state index contributed by atoms with van der Waals surface area (Å²) in [6.07, 6.45) is 2.19. The van der Waals surface area contributed by atoms with Crippen LogP contribution in [0.4, 0.5) is 4.79 Å². The molecule has 1 atom stereocenters. The van der Waals surface area contributed by atoms with E-state index in [4.69, 9.17) is 4.74 Å². The van der Waals surface area contributed by atoms with E-state index in [2.05, 4.69) is 19.2 Å². The van der Waals surface area contributed by atoms with Crippen LogP contribution in [0.5, 0.6) is 0 Å². The predicted octanol–water partition coefficient (Wildman–Crippen LogP) is 1.46. The lowest BCUT2D eigenvalue weighted by atomic mass is 9.87. The minimum absolute atomic E-state index is 0.127. The molecule has 0 saturated carbocycles. The van der Waals surface area contributed by atoms with Crippen LogP contribution in [0.2, 0.25) is 0 Å². The topological polar surface area (TPSA) is 41.6 Å². The highest BCUT2D eigenvalue weighted by atomic mass is 16.6. The Labute approximate surface area is 97.3 Å². The van der Waals surface area contributed by atoms with Gasteiger partial charge in [0.2, 0.25) is 0 Å². The SMILES string of the molecule is CC(C)COC(=O)N1CC[C@]2(CCNC2)C1. The van der Waals surface area contributed by atoms with Gasteiger partial charge in [-0.25, -0.2) is 4.79 Å². The Morgan fingerprint density at radius 2 is 2.31 bits per heavy atom. The number of hydrogen-bond donors (Lipinski definition) is 1. The van der Waals surface area contributed by atoms with E-state index in [1.807, 2.05) is 4.90 Å². The van der Waals surface area contributed by atoms with Crippen molar-refractivity contribution in [3.63, 3.8) is 0 Å². The summed E-state index contributed by atoms with van der Waals surface area (Å²) in [4.78, 5) is 13.6. The Hall–Kier alpha value is -0.770. The first-order chi connectivity index (χ1) is 7.61. The van der Waals surface area contributed by atoms with Gasteiger partial charge in [0.15, 0.2) is 0 Å². The molecule has 1 spiro atoms. The molecule has 16 heavy (non-hydrogen) atoms. The average molecular weight is 226 g/mol. The van der Waals surface area contributed by atoms with Gasteiger partial charge in [-0.2, -0.15) is 0 Å². The number of likely N-dealkylation sites (tertiary alicyclic amines) is 1. The zero-order valence-corrected chi connectivity index (χ0v) is 10.3. The van der Waals surface area contributed by atoms with Crippen LogP contribution >= 0.6 is 0 Å². The van der Waals surface area contributed by atoms with Gasteiger partial charge in [0, 0.05) is 25.0 Å². The largest absolute Gasteiger partial charge is 0.449 e. The summed E-state index contributed by atoms with van der Waals surface area (Å²) >= 11 is 0. The molecular formula is C12H22N2O2. The van der Waals surface area contributed by atoms with Crippen LogP contribution in [0.1, 0.15) is 26.7 Å². The van der Waals surface area contributed by atoms with Crippen molar-refractivity contribution in [3.05, 3.63) is 0 Å². The summed E-state index contributed by atoms with van der Waals surface area (Å²) in [6, 6.07) is 0. The van der Waals surface area contributed by atoms with Gasteiger partial charge >= 0.3 is 6.09 Å². The molecule has 2 heterocycles. The van der Waals surface area contributed by atoms with Crippen molar-refractivity contribution in [3.8, 4) is 0 Å². The Balaban J connectivity index is 1.81. The second kappa shape index (κ2) is 4.62. The minimum Gasteiger partial charge on any atom is -0.449 e. The molecule has 4 heteroatoms. The first kappa shape index (κ1) is 11.7. The predicted molar refractivity (Wildman–Crippen MR) is 62.3 cm³/mol. The van der Waals surface area contributed by atoms with E-state index >= 15 is 0 Å². The van der Waals surface area contributed by atoms with Crippen LogP contribution in [0.3, 0.4) is 0 Å². The Morgan fingerprint density at radius 1 is 1.50 bits per heavy atom. The van der Waals surface area contributed by atoms with Crippen LogP contribution in [0, 0.1) is 11.3 Å². The third-order valence-corrected chi connectivity index (χ3v) is 3.57. The van der Waals surface area contributed by atoms with E-state index in [1.165, 1.54) is 6.42 Å². The lowest BCUT2D eigenvalue weighted by molar-refractivity contribution is 0.0959. The van der Waals surface area contributed by atoms with E-state index < -0.39 is 0 Å². The maximum Gasteiger partial charge on any atom is 0.409 e. The number of carbonyl (C=O) groups excluding carboxylic acids is 1. The van der Waals surface area contributed by atoms with Gasteiger partial charge in [0.25, 0.3) is 0 Å². The van der Waals surface area contributed by atoms with Crippen molar-refractivity contribution in [2.24, 2.45) is 11.3 Å². The zero-order valence-electron chi connectivity index (χ0n) is 10.3. The van der Waals surface area contributed by atoms with E-state index in [9.17, 15) is 4.79 Å². The molecule has 2 aliphatic rings. The number of amides is 1. The number of rotatable bonds is 2. The summed E-state index contributed by atoms with van der Waals surface area (Å²) in [5, 5.41) is 3.39. The summed E-state index contributed by atoms with van der Waals surface area (Å²) < 4.78 is 5.26. The summed E-state index contributed by atoms with van der Waals surface area (Å²) in [7, 11) is 0. The van der Waals surface area contributed by atoms with Crippen molar-refractivity contribution in [2.45, 2.75) is 26.7 Å². The molecule has 2 aliphatic heterocycles. The second-order valence-corrected chi connectivity index (χ2v) is 5.57. The molecule has 2 saturated heterocycles. The van der Waals surface area contributed by atoms with Gasteiger partial charge in [-0.05, 0) is 25.3 Å². The van der Waals surface area contributed by atoms with E-state index in [-0.39, 0.29) is 6.09 Å². The summed E-state index contributed by atoms with van der Waals surface area (Å²) in [5.41, 5.74) is 0.344. The summed E-state index contributed by atoms with van der Waals surface area (Å²) in [6.45, 7) is 8.52. The standard InChI is InChI=1S/C12H22N2O2/c1-10(2)7-16-11(15)14-6-4-12(9-14)3-5-13-8-12/h10,13H,3-9H2,1-2H3/t12-/m0/s1. The fourth-order valence-electron chi connectivity index (χ4n) is 2.56. The van der Waals surface area contributed by atoms with Crippen molar-refractivity contribution >= 4 is 6.09 Å². The molecule has 0 bridgehead atoms. The van der Waals surface area contributed by atoms with Gasteiger partial charge in [-0.15, -0.1) is 0 Å². The molecule has 4 nitrogen and oxygen atoms in total. The van der Waals surface area contributed by atoms with Crippen molar-refractivity contribution in [1.82, 2.24) is 10.2 Å². The first-order valence-corrected chi connectivity index (χ1v) is 6.24. The quantitative estimate of drug-likeness (QED) is 0.775. The van der Waals surface area contributed by atoms with E-state index in [1.54, 1.807) is 0 Å². The Morgan fingerprint density at radius 3 is 2.94 bits per heavy atom. The smallest absolute Gasteiger partial charge is 0.409 e. The van der Waals surface area contributed by atoms with Crippen molar-refractivity contribution in [1.29, 1.82) is 0 Å². The fraction of sp³-hybridized carbons (Fsp3) is 0.917. The number of hydrogen-bond acceptors (Lipinski definition) is 3. The van der Waals surface area contributed by atoms with Crippen molar-refractivity contribution < 1.29 is 9.53 Å². The van der Waals surface area contributed by atoms with Crippen LogP contribution < -0.4 is 5.32 Å². The molecular weight excluding hydrogens is 204 g/mol. The van der Waals surface area contributed by atoms with Crippen LogP contribution in [0.15, 0.2) is 0 Å². The molecule has 2 rings (SSSR count). The van der Waals surface area contributed by atoms with Gasteiger partial charge in [0.05, 0.1) is 6.61 Å². The molecule has 92 valence electrons. The van der Waals surface area contributed by atoms with Gasteiger partial charge in [-0.3, -0.25) is 0 Å². The molecule has 0 aromatic heterocycles. The Bertz CT molecular complexity index is 260. The molecule has 2 fully saturated rings. The van der Waals surface area contributed by atoms with Crippen LogP contribution in [0.25, 0.3) is 0 Å². The van der Waals surface area contributed by atoms with E-state index in [0.29, 0.717) is 17.9 Å². The zero-order chi connectivity index (χ0) is 11.6. The highest BCUT2D eigenvalue weighted by Crippen LogP contribution is 2.36. The lowest BCUT2D eigenvalue weighted by Gasteiger charge is -2.22. The Kier molecular flexibility index (Phi) is 3.38. The van der Waals surface area contributed by atoms with E-state index in [0.717, 1.165) is 32.6 Å². The molecule has 0 aromatic carbocycles. The highest BCUT2D eigenvalue weighted by Gasteiger charge is 2.42. The van der Waals surface area contributed by atoms with Gasteiger partial charge in [0.1, 0.15) is 0 Å². The summed E-state index contributed by atoms with van der Waals surface area (Å²) in [5.74, 6) is 0.411. The molecule has 1 amide bonds. The monoisotopic (exact) mass is 226 g/mol. The van der Waals surface area contributed by atoms with Crippen LogP contribution in [-0.4, -0.2) is 43.8 Å². The molecule has 0 radical (unpaired) electrons. The maximum absolute atomic E-state index is 11.8. The molecule has 0 aliphatic carbocycles. The number of carbonyl (C=O) groups is 1. The third-order valence-electron chi connectivity index (χ3n) is 3.57. The number of nitrogens with one attached hydrogen (secondary N) is 1. The number of nitrogens with zero attached hydrogens (tertiary/aromatic N) is 1. The van der Waals surface area contributed by atoms with Crippen LogP contribution in [-0.2, 0) is 4.74 Å². The highest BCUT2D eigenvalue weighted by molar-refractivity contribution is 5.68.